The largest absolute Gasteiger partial charge is 0.487 e. The van der Waals surface area contributed by atoms with Gasteiger partial charge in [0.15, 0.2) is 5.60 Å². The summed E-state index contributed by atoms with van der Waals surface area (Å²) >= 11 is 0. The molecule has 0 amide bonds. The molecule has 2 aliphatic rings. The number of para-hydroxylation sites is 1. The van der Waals surface area contributed by atoms with Crippen LogP contribution in [0.2, 0.25) is 0 Å². The Kier molecular flexibility index (Phi) is 2.62. The fraction of sp³-hybridized carbons (Fsp3) is 0.562. The number of ether oxygens (including phenoxy) is 2. The first-order chi connectivity index (χ1) is 8.95. The molecule has 0 bridgehead atoms. The van der Waals surface area contributed by atoms with Gasteiger partial charge in [-0.1, -0.05) is 18.2 Å². The number of nitriles is 1. The van der Waals surface area contributed by atoms with Crippen molar-refractivity contribution in [3.05, 3.63) is 29.8 Å². The second kappa shape index (κ2) is 3.98. The van der Waals surface area contributed by atoms with E-state index in [1.807, 2.05) is 31.2 Å². The van der Waals surface area contributed by atoms with Crippen molar-refractivity contribution in [3.63, 3.8) is 0 Å². The molecule has 1 saturated heterocycles. The molecule has 2 aliphatic heterocycles. The van der Waals surface area contributed by atoms with E-state index in [0.717, 1.165) is 24.2 Å². The second-order valence-electron chi connectivity index (χ2n) is 6.27. The van der Waals surface area contributed by atoms with Gasteiger partial charge >= 0.3 is 0 Å². The molecule has 0 N–H and O–H groups in total. The van der Waals surface area contributed by atoms with E-state index in [1.165, 1.54) is 0 Å². The third-order valence-electron chi connectivity index (χ3n) is 4.41. The lowest BCUT2D eigenvalue weighted by Gasteiger charge is -2.49. The molecule has 0 unspecified atom stereocenters. The number of fused-ring (bicyclic) bond motifs is 3. The van der Waals surface area contributed by atoms with Crippen molar-refractivity contribution in [3.8, 4) is 11.8 Å². The van der Waals surface area contributed by atoms with E-state index in [0.29, 0.717) is 5.92 Å². The summed E-state index contributed by atoms with van der Waals surface area (Å²) in [5.41, 5.74) is 0.144. The quantitative estimate of drug-likeness (QED) is 0.713. The van der Waals surface area contributed by atoms with Gasteiger partial charge in [0, 0.05) is 11.5 Å². The molecule has 3 atom stereocenters. The third kappa shape index (κ3) is 1.91. The molecule has 0 aromatic heterocycles. The number of benzene rings is 1. The Balaban J connectivity index is 2.06. The molecule has 3 nitrogen and oxygen atoms in total. The summed E-state index contributed by atoms with van der Waals surface area (Å²) < 4.78 is 12.3. The van der Waals surface area contributed by atoms with Gasteiger partial charge in [0.25, 0.3) is 0 Å². The van der Waals surface area contributed by atoms with Crippen molar-refractivity contribution < 1.29 is 9.47 Å². The predicted molar refractivity (Wildman–Crippen MR) is 71.7 cm³/mol. The van der Waals surface area contributed by atoms with E-state index in [1.54, 1.807) is 0 Å². The summed E-state index contributed by atoms with van der Waals surface area (Å²) in [7, 11) is 0. The van der Waals surface area contributed by atoms with E-state index in [4.69, 9.17) is 9.47 Å². The van der Waals surface area contributed by atoms with Gasteiger partial charge in [0.05, 0.1) is 12.2 Å². The van der Waals surface area contributed by atoms with Crippen LogP contribution >= 0.6 is 0 Å². The summed E-state index contributed by atoms with van der Waals surface area (Å²) in [6, 6.07) is 10.3. The number of hydrogen-bond acceptors (Lipinski definition) is 3. The highest BCUT2D eigenvalue weighted by molar-refractivity contribution is 5.39. The third-order valence-corrected chi connectivity index (χ3v) is 4.41. The normalized spacial score (nSPS) is 35.5. The molecule has 0 aliphatic carbocycles. The smallest absolute Gasteiger partial charge is 0.152 e. The van der Waals surface area contributed by atoms with Crippen LogP contribution in [0, 0.1) is 17.2 Å². The average molecular weight is 257 g/mol. The maximum atomic E-state index is 9.31. The molecule has 1 fully saturated rings. The number of hydrogen-bond donors (Lipinski definition) is 0. The van der Waals surface area contributed by atoms with Crippen LogP contribution in [0.1, 0.15) is 45.3 Å². The molecule has 0 spiro atoms. The van der Waals surface area contributed by atoms with Crippen molar-refractivity contribution in [1.82, 2.24) is 0 Å². The molecular formula is C16H19NO2. The fourth-order valence-corrected chi connectivity index (χ4v) is 3.25. The Labute approximate surface area is 114 Å². The highest BCUT2D eigenvalue weighted by atomic mass is 16.5. The van der Waals surface area contributed by atoms with Gasteiger partial charge in [-0.3, -0.25) is 0 Å². The summed E-state index contributed by atoms with van der Waals surface area (Å²) in [5, 5.41) is 9.31. The Morgan fingerprint density at radius 3 is 2.74 bits per heavy atom. The minimum atomic E-state index is -0.679. The van der Waals surface area contributed by atoms with E-state index >= 15 is 0 Å². The van der Waals surface area contributed by atoms with Crippen LogP contribution < -0.4 is 4.74 Å². The highest BCUT2D eigenvalue weighted by Gasteiger charge is 2.50. The molecule has 2 heterocycles. The second-order valence-corrected chi connectivity index (χ2v) is 6.27. The topological polar surface area (TPSA) is 42.2 Å². The average Bonchev–Trinajstić information content (AvgIpc) is 2.38. The zero-order valence-electron chi connectivity index (χ0n) is 11.6. The first kappa shape index (κ1) is 12.5. The molecule has 1 aromatic rings. The zero-order valence-corrected chi connectivity index (χ0v) is 11.6. The molecule has 1 aromatic carbocycles. The molecule has 100 valence electrons. The van der Waals surface area contributed by atoms with Gasteiger partial charge in [-0.15, -0.1) is 0 Å². The van der Waals surface area contributed by atoms with Gasteiger partial charge in [-0.2, -0.15) is 5.26 Å². The molecule has 19 heavy (non-hydrogen) atoms. The molecule has 0 radical (unpaired) electrons. The fourth-order valence-electron chi connectivity index (χ4n) is 3.25. The van der Waals surface area contributed by atoms with Crippen molar-refractivity contribution in [1.29, 1.82) is 5.26 Å². The van der Waals surface area contributed by atoms with Crippen LogP contribution in [0.5, 0.6) is 5.75 Å². The lowest BCUT2D eigenvalue weighted by Crippen LogP contribution is -2.50. The van der Waals surface area contributed by atoms with Gasteiger partial charge in [-0.25, -0.2) is 0 Å². The number of rotatable bonds is 0. The minimum absolute atomic E-state index is 0.0432. The van der Waals surface area contributed by atoms with Crippen molar-refractivity contribution in [2.24, 2.45) is 5.92 Å². The van der Waals surface area contributed by atoms with E-state index in [-0.39, 0.29) is 11.7 Å². The summed E-state index contributed by atoms with van der Waals surface area (Å²) in [4.78, 5) is 0. The van der Waals surface area contributed by atoms with Crippen LogP contribution in [0.4, 0.5) is 0 Å². The Hall–Kier alpha value is -1.53. The summed E-state index contributed by atoms with van der Waals surface area (Å²) in [6.45, 7) is 6.10. The van der Waals surface area contributed by atoms with E-state index in [2.05, 4.69) is 19.9 Å². The Bertz CT molecular complexity index is 546. The first-order valence-corrected chi connectivity index (χ1v) is 6.82. The van der Waals surface area contributed by atoms with Gasteiger partial charge in [-0.05, 0) is 39.7 Å². The minimum Gasteiger partial charge on any atom is -0.487 e. The number of nitrogens with zero attached hydrogens (tertiary/aromatic N) is 1. The van der Waals surface area contributed by atoms with E-state index < -0.39 is 5.60 Å². The molecule has 3 rings (SSSR count). The van der Waals surface area contributed by atoms with Crippen molar-refractivity contribution in [2.45, 2.75) is 50.9 Å². The van der Waals surface area contributed by atoms with Gasteiger partial charge in [0.2, 0.25) is 0 Å². The van der Waals surface area contributed by atoms with Crippen LogP contribution in [-0.2, 0) is 4.74 Å². The van der Waals surface area contributed by atoms with Gasteiger partial charge in [0.1, 0.15) is 11.4 Å². The van der Waals surface area contributed by atoms with Crippen LogP contribution in [0.15, 0.2) is 24.3 Å². The Morgan fingerprint density at radius 2 is 2.00 bits per heavy atom. The highest BCUT2D eigenvalue weighted by Crippen LogP contribution is 2.52. The van der Waals surface area contributed by atoms with Crippen molar-refractivity contribution >= 4 is 0 Å². The van der Waals surface area contributed by atoms with Crippen LogP contribution in [-0.4, -0.2) is 11.2 Å². The Morgan fingerprint density at radius 1 is 1.26 bits per heavy atom. The lowest BCUT2D eigenvalue weighted by atomic mass is 9.73. The first-order valence-electron chi connectivity index (χ1n) is 6.82. The van der Waals surface area contributed by atoms with Crippen LogP contribution in [0.25, 0.3) is 0 Å². The van der Waals surface area contributed by atoms with Crippen molar-refractivity contribution in [2.75, 3.05) is 0 Å². The summed E-state index contributed by atoms with van der Waals surface area (Å²) in [5.74, 6) is 1.18. The SMILES string of the molecule is CC1(C)Oc2ccccc2[C@@H]2O[C@](C)(C#N)CC[C@@H]21. The monoisotopic (exact) mass is 257 g/mol. The standard InChI is InChI=1S/C16H19NO2/c1-15(2)12-8-9-16(3,10-17)19-14(12)11-6-4-5-7-13(11)18-15/h4-7,12,14H,8-9H2,1-3H3/t12-,14-,16-/m0/s1. The van der Waals surface area contributed by atoms with E-state index in [9.17, 15) is 5.26 Å². The maximum absolute atomic E-state index is 9.31. The molecular weight excluding hydrogens is 238 g/mol. The molecule has 3 heteroatoms. The van der Waals surface area contributed by atoms with Crippen LogP contribution in [0.3, 0.4) is 0 Å². The molecule has 0 saturated carbocycles. The predicted octanol–water partition coefficient (Wildman–Crippen LogP) is 3.61. The van der Waals surface area contributed by atoms with Gasteiger partial charge < -0.3 is 9.47 Å². The summed E-state index contributed by atoms with van der Waals surface area (Å²) in [6.07, 6.45) is 1.67. The maximum Gasteiger partial charge on any atom is 0.152 e. The zero-order chi connectivity index (χ0) is 13.7. The lowest BCUT2D eigenvalue weighted by molar-refractivity contribution is -0.169.